The Morgan fingerprint density at radius 3 is 2.77 bits per heavy atom. The van der Waals surface area contributed by atoms with E-state index >= 15 is 0 Å². The first-order chi connectivity index (χ1) is 12.5. The van der Waals surface area contributed by atoms with Crippen molar-refractivity contribution in [3.63, 3.8) is 0 Å². The fourth-order valence-corrected chi connectivity index (χ4v) is 4.10. The zero-order valence-corrected chi connectivity index (χ0v) is 17.3. The van der Waals surface area contributed by atoms with Gasteiger partial charge in [0.15, 0.2) is 0 Å². The summed E-state index contributed by atoms with van der Waals surface area (Å²) in [5.74, 6) is 0.164. The molecule has 1 N–H and O–H groups in total. The number of piperidine rings is 1. The summed E-state index contributed by atoms with van der Waals surface area (Å²) in [5, 5.41) is 7.28. The van der Waals surface area contributed by atoms with Crippen molar-refractivity contribution in [2.45, 2.75) is 19.8 Å². The van der Waals surface area contributed by atoms with Crippen LogP contribution < -0.4 is 5.32 Å². The predicted molar refractivity (Wildman–Crippen MR) is 105 cm³/mol. The molecule has 6 nitrogen and oxygen atoms in total. The first kappa shape index (κ1) is 19.3. The number of halogens is 2. The minimum atomic E-state index is -0.179. The molecule has 0 spiro atoms. The molecule has 1 aromatic heterocycles. The van der Waals surface area contributed by atoms with Gasteiger partial charge in [0, 0.05) is 24.1 Å². The van der Waals surface area contributed by atoms with Crippen molar-refractivity contribution in [1.82, 2.24) is 19.8 Å². The van der Waals surface area contributed by atoms with E-state index in [1.807, 2.05) is 4.90 Å². The van der Waals surface area contributed by atoms with Crippen molar-refractivity contribution < 1.29 is 9.59 Å². The normalized spacial score (nSPS) is 15.1. The molecule has 9 heteroatoms. The van der Waals surface area contributed by atoms with E-state index < -0.39 is 0 Å². The molecule has 0 radical (unpaired) electrons. The number of nitrogens with one attached hydrogen (secondary N) is 1. The van der Waals surface area contributed by atoms with Gasteiger partial charge in [0.25, 0.3) is 11.8 Å². The quantitative estimate of drug-likeness (QED) is 0.762. The zero-order chi connectivity index (χ0) is 18.7. The molecule has 2 aromatic rings. The lowest BCUT2D eigenvalue weighted by Crippen LogP contribution is -2.41. The Bertz CT molecular complexity index is 821. The van der Waals surface area contributed by atoms with E-state index in [9.17, 15) is 9.59 Å². The smallest absolute Gasteiger partial charge is 0.267 e. The molecule has 2 amide bonds. The maximum absolute atomic E-state index is 12.5. The number of aromatic nitrogens is 2. The molecule has 1 aliphatic heterocycles. The summed E-state index contributed by atoms with van der Waals surface area (Å²) in [5.41, 5.74) is 1.14. The minimum absolute atomic E-state index is 0.000836. The number of aryl methyl sites for hydroxylation is 1. The highest BCUT2D eigenvalue weighted by Gasteiger charge is 2.26. The topological polar surface area (TPSA) is 75.2 Å². The van der Waals surface area contributed by atoms with Crippen LogP contribution in [0.25, 0.3) is 0 Å². The Kier molecular flexibility index (Phi) is 6.26. The lowest BCUT2D eigenvalue weighted by Gasteiger charge is -2.31. The molecule has 1 aromatic carbocycles. The number of hydrogen-bond donors (Lipinski definition) is 1. The van der Waals surface area contributed by atoms with E-state index in [-0.39, 0.29) is 11.8 Å². The number of hydrogen-bond acceptors (Lipinski definition) is 5. The van der Waals surface area contributed by atoms with Crippen LogP contribution in [0.3, 0.4) is 0 Å². The largest absolute Gasteiger partial charge is 0.352 e. The van der Waals surface area contributed by atoms with Gasteiger partial charge in [-0.15, -0.1) is 5.10 Å². The van der Waals surface area contributed by atoms with Gasteiger partial charge in [0.1, 0.15) is 4.88 Å². The van der Waals surface area contributed by atoms with Crippen LogP contribution in [0.2, 0.25) is 5.02 Å². The minimum Gasteiger partial charge on any atom is -0.352 e. The number of benzene rings is 1. The van der Waals surface area contributed by atoms with E-state index in [0.717, 1.165) is 28.8 Å². The van der Waals surface area contributed by atoms with Crippen LogP contribution in [-0.2, 0) is 0 Å². The Balaban J connectivity index is 1.50. The molecule has 0 bridgehead atoms. The molecular formula is C17H18BrClN4O2S. The van der Waals surface area contributed by atoms with Gasteiger partial charge in [-0.2, -0.15) is 0 Å². The van der Waals surface area contributed by atoms with Gasteiger partial charge in [0.2, 0.25) is 0 Å². The maximum atomic E-state index is 12.5. The maximum Gasteiger partial charge on any atom is 0.267 e. The summed E-state index contributed by atoms with van der Waals surface area (Å²) in [4.78, 5) is 27.3. The van der Waals surface area contributed by atoms with Crippen LogP contribution in [-0.4, -0.2) is 45.9 Å². The van der Waals surface area contributed by atoms with Gasteiger partial charge >= 0.3 is 0 Å². The van der Waals surface area contributed by atoms with Gasteiger partial charge in [-0.25, -0.2) is 0 Å². The van der Waals surface area contributed by atoms with Gasteiger partial charge in [-0.1, -0.05) is 32.0 Å². The van der Waals surface area contributed by atoms with Crippen LogP contribution in [0, 0.1) is 12.8 Å². The van der Waals surface area contributed by atoms with Crippen LogP contribution >= 0.6 is 39.1 Å². The molecule has 3 rings (SSSR count). The standard InChI is InChI=1S/C17H18BrClN4O2S/c1-10-15(26-22-21-10)17(25)23-6-4-11(5-7-23)9-20-16(24)13-8-12(18)2-3-14(13)19/h2-3,8,11H,4-7,9H2,1H3,(H,20,24). The SMILES string of the molecule is Cc1nnsc1C(=O)N1CCC(CNC(=O)c2cc(Br)ccc2Cl)CC1. The van der Waals surface area contributed by atoms with Crippen molar-refractivity contribution in [3.05, 3.63) is 43.8 Å². The second kappa shape index (κ2) is 8.45. The second-order valence-electron chi connectivity index (χ2n) is 6.26. The average Bonchev–Trinajstić information content (AvgIpc) is 3.07. The fourth-order valence-electron chi connectivity index (χ4n) is 2.92. The number of carbonyl (C=O) groups excluding carboxylic acids is 2. The fraction of sp³-hybridized carbons (Fsp3) is 0.412. The monoisotopic (exact) mass is 456 g/mol. The van der Waals surface area contributed by atoms with Crippen LogP contribution in [0.15, 0.2) is 22.7 Å². The Labute approximate surface area is 169 Å². The summed E-state index contributed by atoms with van der Waals surface area (Å²) < 4.78 is 4.64. The van der Waals surface area contributed by atoms with Gasteiger partial charge < -0.3 is 10.2 Å². The number of rotatable bonds is 4. The van der Waals surface area contributed by atoms with Gasteiger partial charge in [0.05, 0.1) is 16.3 Å². The molecule has 0 atom stereocenters. The summed E-state index contributed by atoms with van der Waals surface area (Å²) in [6.45, 7) is 3.72. The first-order valence-corrected chi connectivity index (χ1v) is 10.2. The molecule has 138 valence electrons. The zero-order valence-electron chi connectivity index (χ0n) is 14.2. The molecule has 1 aliphatic rings. The number of nitrogens with zero attached hydrogens (tertiary/aromatic N) is 3. The first-order valence-electron chi connectivity index (χ1n) is 8.27. The molecule has 26 heavy (non-hydrogen) atoms. The molecule has 1 fully saturated rings. The number of amides is 2. The predicted octanol–water partition coefficient (Wildman–Crippen LogP) is 3.54. The Morgan fingerprint density at radius 2 is 2.12 bits per heavy atom. The van der Waals surface area contributed by atoms with E-state index in [0.29, 0.717) is 46.7 Å². The third kappa shape index (κ3) is 4.42. The summed E-state index contributed by atoms with van der Waals surface area (Å²) in [7, 11) is 0. The molecule has 0 unspecified atom stereocenters. The van der Waals surface area contributed by atoms with E-state index in [4.69, 9.17) is 11.6 Å². The van der Waals surface area contributed by atoms with Crippen molar-refractivity contribution in [2.75, 3.05) is 19.6 Å². The summed E-state index contributed by atoms with van der Waals surface area (Å²) >= 11 is 10.6. The second-order valence-corrected chi connectivity index (χ2v) is 8.33. The third-order valence-electron chi connectivity index (χ3n) is 4.47. The number of carbonyl (C=O) groups is 2. The highest BCUT2D eigenvalue weighted by atomic mass is 79.9. The lowest BCUT2D eigenvalue weighted by molar-refractivity contribution is 0.0688. The summed E-state index contributed by atoms with van der Waals surface area (Å²) in [6.07, 6.45) is 1.70. The Morgan fingerprint density at radius 1 is 1.38 bits per heavy atom. The van der Waals surface area contributed by atoms with Gasteiger partial charge in [-0.05, 0) is 55.4 Å². The van der Waals surface area contributed by atoms with E-state index in [2.05, 4.69) is 30.8 Å². The van der Waals surface area contributed by atoms with E-state index in [1.165, 1.54) is 0 Å². The molecular weight excluding hydrogens is 440 g/mol. The molecule has 0 aliphatic carbocycles. The molecule has 1 saturated heterocycles. The van der Waals surface area contributed by atoms with Crippen molar-refractivity contribution >= 4 is 50.9 Å². The van der Waals surface area contributed by atoms with Gasteiger partial charge in [-0.3, -0.25) is 9.59 Å². The van der Waals surface area contributed by atoms with Crippen molar-refractivity contribution in [3.8, 4) is 0 Å². The lowest BCUT2D eigenvalue weighted by atomic mass is 9.96. The number of likely N-dealkylation sites (tertiary alicyclic amines) is 1. The third-order valence-corrected chi connectivity index (χ3v) is 6.11. The van der Waals surface area contributed by atoms with Crippen LogP contribution in [0.4, 0.5) is 0 Å². The summed E-state index contributed by atoms with van der Waals surface area (Å²) in [6, 6.07) is 5.21. The average molecular weight is 458 g/mol. The van der Waals surface area contributed by atoms with Crippen LogP contribution in [0.5, 0.6) is 0 Å². The molecule has 0 saturated carbocycles. The van der Waals surface area contributed by atoms with Crippen molar-refractivity contribution in [1.29, 1.82) is 0 Å². The van der Waals surface area contributed by atoms with Crippen LogP contribution in [0.1, 0.15) is 38.6 Å². The van der Waals surface area contributed by atoms with Crippen molar-refractivity contribution in [2.24, 2.45) is 5.92 Å². The highest BCUT2D eigenvalue weighted by Crippen LogP contribution is 2.23. The van der Waals surface area contributed by atoms with E-state index in [1.54, 1.807) is 25.1 Å². The highest BCUT2D eigenvalue weighted by molar-refractivity contribution is 9.10. The molecule has 2 heterocycles. The Hall–Kier alpha value is -1.51.